The zero-order chi connectivity index (χ0) is 20.5. The molecule has 0 radical (unpaired) electrons. The highest BCUT2D eigenvalue weighted by Gasteiger charge is 2.21. The maximum atomic E-state index is 13.0. The predicted molar refractivity (Wildman–Crippen MR) is 112 cm³/mol. The lowest BCUT2D eigenvalue weighted by molar-refractivity contribution is 0.135. The van der Waals surface area contributed by atoms with Crippen molar-refractivity contribution in [2.24, 2.45) is 0 Å². The minimum atomic E-state index is -0.136. The topological polar surface area (TPSA) is 81.5 Å². The van der Waals surface area contributed by atoms with Crippen LogP contribution < -0.4 is 5.56 Å². The number of hydrogen-bond acceptors (Lipinski definition) is 6. The van der Waals surface area contributed by atoms with Crippen LogP contribution in [0.5, 0.6) is 0 Å². The van der Waals surface area contributed by atoms with E-state index in [1.54, 1.807) is 21.5 Å². The zero-order valence-electron chi connectivity index (χ0n) is 16.9. The molecule has 0 saturated carbocycles. The van der Waals surface area contributed by atoms with Crippen LogP contribution >= 0.6 is 0 Å². The summed E-state index contributed by atoms with van der Waals surface area (Å²) in [7, 11) is 0. The third-order valence-corrected chi connectivity index (χ3v) is 5.77. The largest absolute Gasteiger partial charge is 0.338 e. The van der Waals surface area contributed by atoms with Gasteiger partial charge in [0.25, 0.3) is 5.56 Å². The van der Waals surface area contributed by atoms with Crippen molar-refractivity contribution in [3.63, 3.8) is 0 Å². The highest BCUT2D eigenvalue weighted by molar-refractivity contribution is 5.65. The van der Waals surface area contributed by atoms with Gasteiger partial charge in [-0.3, -0.25) is 9.69 Å². The quantitative estimate of drug-likeness (QED) is 0.509. The average molecular weight is 404 g/mol. The second kappa shape index (κ2) is 7.87. The van der Waals surface area contributed by atoms with Gasteiger partial charge in [0, 0.05) is 24.0 Å². The Morgan fingerprint density at radius 2 is 2.00 bits per heavy atom. The first kappa shape index (κ1) is 18.7. The normalized spacial score (nSPS) is 17.6. The number of nitrogens with zero attached hydrogens (tertiary/aromatic N) is 6. The van der Waals surface area contributed by atoms with E-state index in [1.165, 1.54) is 19.3 Å². The first-order valence-corrected chi connectivity index (χ1v) is 10.4. The number of piperidine rings is 1. The fourth-order valence-electron chi connectivity index (χ4n) is 4.04. The lowest BCUT2D eigenvalue weighted by Crippen LogP contribution is -2.36. The molecule has 3 aromatic heterocycles. The highest BCUT2D eigenvalue weighted by atomic mass is 16.5. The number of hydrogen-bond donors (Lipinski definition) is 0. The molecule has 1 atom stereocenters. The molecule has 8 nitrogen and oxygen atoms in total. The van der Waals surface area contributed by atoms with Crippen molar-refractivity contribution in [1.29, 1.82) is 0 Å². The summed E-state index contributed by atoms with van der Waals surface area (Å²) in [5.41, 5.74) is 2.12. The molecule has 8 heteroatoms. The van der Waals surface area contributed by atoms with Gasteiger partial charge in [-0.05, 0) is 32.4 Å². The van der Waals surface area contributed by atoms with Gasteiger partial charge in [-0.2, -0.15) is 10.1 Å². The second-order valence-corrected chi connectivity index (χ2v) is 7.88. The first-order valence-electron chi connectivity index (χ1n) is 10.4. The van der Waals surface area contributed by atoms with Gasteiger partial charge in [-0.25, -0.2) is 4.52 Å². The van der Waals surface area contributed by atoms with Crippen LogP contribution in [0.2, 0.25) is 0 Å². The van der Waals surface area contributed by atoms with Crippen LogP contribution in [0.1, 0.15) is 37.9 Å². The molecule has 0 amide bonds. The second-order valence-electron chi connectivity index (χ2n) is 7.88. The van der Waals surface area contributed by atoms with E-state index in [0.29, 0.717) is 29.8 Å². The molecule has 0 unspecified atom stereocenters. The van der Waals surface area contributed by atoms with Crippen LogP contribution in [0.25, 0.3) is 16.8 Å². The van der Waals surface area contributed by atoms with Gasteiger partial charge in [-0.15, -0.1) is 0 Å². The fourth-order valence-corrected chi connectivity index (χ4v) is 4.04. The van der Waals surface area contributed by atoms with E-state index in [2.05, 4.69) is 27.1 Å². The van der Waals surface area contributed by atoms with Crippen molar-refractivity contribution in [2.45, 2.75) is 45.3 Å². The standard InChI is InChI=1S/C22H24N6O2/c1-16-7-5-6-10-26(16)15-21-23-20(25-30-21)14-27-11-12-28-19(22(27)29)13-18(24-28)17-8-3-2-4-9-17/h2-4,8-9,11-13,16H,5-7,10,14-15H2,1H3/t16-/m1/s1. The number of likely N-dealkylation sites (tertiary alicyclic amines) is 1. The Kier molecular flexibility index (Phi) is 4.92. The lowest BCUT2D eigenvalue weighted by Gasteiger charge is -2.31. The van der Waals surface area contributed by atoms with E-state index in [0.717, 1.165) is 17.8 Å². The summed E-state index contributed by atoms with van der Waals surface area (Å²) in [5, 5.41) is 8.60. The number of fused-ring (bicyclic) bond motifs is 1. The van der Waals surface area contributed by atoms with Gasteiger partial charge >= 0.3 is 0 Å². The summed E-state index contributed by atoms with van der Waals surface area (Å²) in [6.45, 7) is 4.21. The van der Waals surface area contributed by atoms with Crippen molar-refractivity contribution >= 4 is 5.52 Å². The van der Waals surface area contributed by atoms with Crippen LogP contribution in [0, 0.1) is 0 Å². The third kappa shape index (κ3) is 3.66. The molecule has 1 aliphatic rings. The smallest absolute Gasteiger partial charge is 0.277 e. The lowest BCUT2D eigenvalue weighted by atomic mass is 10.0. The summed E-state index contributed by atoms with van der Waals surface area (Å²) >= 11 is 0. The van der Waals surface area contributed by atoms with Crippen LogP contribution in [0.15, 0.2) is 58.1 Å². The Hall–Kier alpha value is -3.26. The third-order valence-electron chi connectivity index (χ3n) is 5.77. The molecule has 0 spiro atoms. The van der Waals surface area contributed by atoms with Gasteiger partial charge in [0.15, 0.2) is 5.82 Å². The molecule has 1 aromatic carbocycles. The molecule has 1 fully saturated rings. The van der Waals surface area contributed by atoms with Crippen molar-refractivity contribution in [3.8, 4) is 11.3 Å². The van der Waals surface area contributed by atoms with Gasteiger partial charge in [0.2, 0.25) is 5.89 Å². The van der Waals surface area contributed by atoms with Gasteiger partial charge in [-0.1, -0.05) is 41.9 Å². The van der Waals surface area contributed by atoms with Crippen molar-refractivity contribution in [1.82, 2.24) is 29.2 Å². The Morgan fingerprint density at radius 3 is 2.83 bits per heavy atom. The number of benzene rings is 1. The fraction of sp³-hybridized carbons (Fsp3) is 0.364. The Balaban J connectivity index is 1.36. The minimum absolute atomic E-state index is 0.136. The maximum Gasteiger partial charge on any atom is 0.277 e. The van der Waals surface area contributed by atoms with Crippen molar-refractivity contribution in [3.05, 3.63) is 70.9 Å². The Morgan fingerprint density at radius 1 is 1.13 bits per heavy atom. The van der Waals surface area contributed by atoms with Crippen LogP contribution in [-0.2, 0) is 13.1 Å². The summed E-state index contributed by atoms with van der Waals surface area (Å²) < 4.78 is 8.64. The van der Waals surface area contributed by atoms with Crippen LogP contribution in [0.4, 0.5) is 0 Å². The Bertz CT molecular complexity index is 1210. The SMILES string of the molecule is C[C@@H]1CCCCN1Cc1nc(Cn2ccn3nc(-c4ccccc4)cc3c2=O)no1. The molecule has 1 saturated heterocycles. The predicted octanol–water partition coefficient (Wildman–Crippen LogP) is 2.97. The van der Waals surface area contributed by atoms with Crippen molar-refractivity contribution < 1.29 is 4.52 Å². The van der Waals surface area contributed by atoms with E-state index in [-0.39, 0.29) is 12.1 Å². The van der Waals surface area contributed by atoms with E-state index in [9.17, 15) is 4.79 Å². The summed E-state index contributed by atoms with van der Waals surface area (Å²) in [5.74, 6) is 1.10. The first-order chi connectivity index (χ1) is 14.7. The average Bonchev–Trinajstić information content (AvgIpc) is 3.40. The van der Waals surface area contributed by atoms with E-state index in [1.807, 2.05) is 36.4 Å². The molecule has 1 aliphatic heterocycles. The highest BCUT2D eigenvalue weighted by Crippen LogP contribution is 2.19. The van der Waals surface area contributed by atoms with Crippen molar-refractivity contribution in [2.75, 3.05) is 6.54 Å². The number of aromatic nitrogens is 5. The summed E-state index contributed by atoms with van der Waals surface area (Å²) in [6, 6.07) is 12.2. The number of rotatable bonds is 5. The van der Waals surface area contributed by atoms with Gasteiger partial charge in [0.1, 0.15) is 5.52 Å². The molecule has 30 heavy (non-hydrogen) atoms. The molecule has 5 rings (SSSR count). The minimum Gasteiger partial charge on any atom is -0.338 e. The molecule has 4 aromatic rings. The Labute approximate surface area is 173 Å². The zero-order valence-corrected chi connectivity index (χ0v) is 16.9. The maximum absolute atomic E-state index is 13.0. The molecule has 154 valence electrons. The summed E-state index contributed by atoms with van der Waals surface area (Å²) in [4.78, 5) is 19.8. The molecule has 0 aliphatic carbocycles. The molecular formula is C22H24N6O2. The monoisotopic (exact) mass is 404 g/mol. The molecule has 0 N–H and O–H groups in total. The molecular weight excluding hydrogens is 380 g/mol. The van der Waals surface area contributed by atoms with E-state index >= 15 is 0 Å². The van der Waals surface area contributed by atoms with E-state index in [4.69, 9.17) is 4.52 Å². The van der Waals surface area contributed by atoms with Gasteiger partial charge in [0.05, 0.1) is 18.8 Å². The summed E-state index contributed by atoms with van der Waals surface area (Å²) in [6.07, 6.45) is 7.17. The van der Waals surface area contributed by atoms with Gasteiger partial charge < -0.3 is 9.09 Å². The van der Waals surface area contributed by atoms with E-state index < -0.39 is 0 Å². The molecule has 0 bridgehead atoms. The van der Waals surface area contributed by atoms with Crippen LogP contribution in [-0.4, -0.2) is 41.8 Å². The molecule has 4 heterocycles. The van der Waals surface area contributed by atoms with Crippen LogP contribution in [0.3, 0.4) is 0 Å².